The Balaban J connectivity index is 1.51. The minimum Gasteiger partial charge on any atom is -0.369 e. The summed E-state index contributed by atoms with van der Waals surface area (Å²) in [5.41, 5.74) is 1.06. The Labute approximate surface area is 191 Å². The smallest absolute Gasteiger partial charge is 0.258 e. The molecule has 0 aromatic heterocycles. The van der Waals surface area contributed by atoms with E-state index < -0.39 is 21.7 Å². The number of amides is 1. The zero-order chi connectivity index (χ0) is 22.7. The monoisotopic (exact) mass is 473 g/mol. The third kappa shape index (κ3) is 4.77. The highest BCUT2D eigenvalue weighted by molar-refractivity contribution is 7.89. The lowest BCUT2D eigenvalue weighted by molar-refractivity contribution is 0.102. The Morgan fingerprint density at radius 2 is 1.62 bits per heavy atom. The van der Waals surface area contributed by atoms with E-state index in [0.29, 0.717) is 36.9 Å². The molecular weight excluding hydrogens is 453 g/mol. The number of benzene rings is 3. The molecule has 166 valence electrons. The van der Waals surface area contributed by atoms with Crippen molar-refractivity contribution in [3.8, 4) is 0 Å². The van der Waals surface area contributed by atoms with E-state index in [1.54, 1.807) is 18.2 Å². The summed E-state index contributed by atoms with van der Waals surface area (Å²) >= 11 is 5.91. The fourth-order valence-electron chi connectivity index (χ4n) is 3.58. The summed E-state index contributed by atoms with van der Waals surface area (Å²) in [6.07, 6.45) is 0. The van der Waals surface area contributed by atoms with Gasteiger partial charge in [-0.15, -0.1) is 0 Å². The number of halogens is 2. The van der Waals surface area contributed by atoms with Crippen LogP contribution in [0.1, 0.15) is 10.4 Å². The fraction of sp³-hybridized carbons (Fsp3) is 0.174. The molecule has 0 saturated carbocycles. The van der Waals surface area contributed by atoms with E-state index in [2.05, 4.69) is 10.2 Å². The molecule has 0 atom stereocenters. The van der Waals surface area contributed by atoms with Crippen molar-refractivity contribution in [3.63, 3.8) is 0 Å². The van der Waals surface area contributed by atoms with Crippen LogP contribution in [0.25, 0.3) is 0 Å². The Kier molecular flexibility index (Phi) is 6.45. The highest BCUT2D eigenvalue weighted by atomic mass is 35.5. The summed E-state index contributed by atoms with van der Waals surface area (Å²) in [7, 11) is -3.88. The highest BCUT2D eigenvalue weighted by Crippen LogP contribution is 2.24. The molecule has 1 aliphatic heterocycles. The van der Waals surface area contributed by atoms with Gasteiger partial charge in [-0.25, -0.2) is 12.8 Å². The number of nitrogens with zero attached hydrogens (tertiary/aromatic N) is 2. The predicted molar refractivity (Wildman–Crippen MR) is 123 cm³/mol. The van der Waals surface area contributed by atoms with Gasteiger partial charge in [-0.05, 0) is 48.5 Å². The molecule has 0 spiro atoms. The van der Waals surface area contributed by atoms with E-state index >= 15 is 0 Å². The van der Waals surface area contributed by atoms with Crippen molar-refractivity contribution in [2.24, 2.45) is 0 Å². The van der Waals surface area contributed by atoms with Crippen LogP contribution in [-0.2, 0) is 10.0 Å². The molecule has 1 fully saturated rings. The van der Waals surface area contributed by atoms with E-state index in [0.717, 1.165) is 17.8 Å². The summed E-state index contributed by atoms with van der Waals surface area (Å²) in [4.78, 5) is 14.6. The van der Waals surface area contributed by atoms with Crippen LogP contribution < -0.4 is 10.2 Å². The summed E-state index contributed by atoms with van der Waals surface area (Å²) < 4.78 is 42.0. The lowest BCUT2D eigenvalue weighted by Crippen LogP contribution is -2.48. The Bertz CT molecular complexity index is 1230. The first-order chi connectivity index (χ1) is 15.3. The number of hydrogen-bond acceptors (Lipinski definition) is 4. The van der Waals surface area contributed by atoms with Gasteiger partial charge in [-0.3, -0.25) is 4.79 Å². The second kappa shape index (κ2) is 9.28. The zero-order valence-corrected chi connectivity index (χ0v) is 18.6. The lowest BCUT2D eigenvalue weighted by Gasteiger charge is -2.35. The van der Waals surface area contributed by atoms with E-state index in [1.165, 1.54) is 16.4 Å². The second-order valence-corrected chi connectivity index (χ2v) is 9.71. The van der Waals surface area contributed by atoms with Crippen LogP contribution in [0.5, 0.6) is 0 Å². The van der Waals surface area contributed by atoms with Crippen LogP contribution in [0.2, 0.25) is 5.02 Å². The van der Waals surface area contributed by atoms with Crippen LogP contribution in [0.3, 0.4) is 0 Å². The van der Waals surface area contributed by atoms with Crippen molar-refractivity contribution in [2.45, 2.75) is 4.90 Å². The number of anilines is 2. The lowest BCUT2D eigenvalue weighted by atomic mass is 10.2. The number of hydrogen-bond donors (Lipinski definition) is 1. The Hall–Kier alpha value is -2.94. The molecule has 0 unspecified atom stereocenters. The Morgan fingerprint density at radius 3 is 2.31 bits per heavy atom. The maximum Gasteiger partial charge on any atom is 0.258 e. The molecule has 4 rings (SSSR count). The number of carbonyl (C=O) groups excluding carboxylic acids is 1. The topological polar surface area (TPSA) is 69.7 Å². The van der Waals surface area contributed by atoms with E-state index in [-0.39, 0.29) is 10.5 Å². The van der Waals surface area contributed by atoms with Gasteiger partial charge in [0, 0.05) is 42.6 Å². The Morgan fingerprint density at radius 1 is 0.906 bits per heavy atom. The first-order valence-corrected chi connectivity index (χ1v) is 11.8. The van der Waals surface area contributed by atoms with Crippen molar-refractivity contribution < 1.29 is 17.6 Å². The molecule has 1 aliphatic rings. The van der Waals surface area contributed by atoms with Crippen molar-refractivity contribution in [1.82, 2.24) is 4.31 Å². The van der Waals surface area contributed by atoms with Gasteiger partial charge in [0.1, 0.15) is 5.82 Å². The van der Waals surface area contributed by atoms with E-state index in [1.807, 2.05) is 30.3 Å². The van der Waals surface area contributed by atoms with Crippen molar-refractivity contribution in [3.05, 3.63) is 89.2 Å². The number of para-hydroxylation sites is 1. The molecule has 1 heterocycles. The average Bonchev–Trinajstić information content (AvgIpc) is 2.80. The van der Waals surface area contributed by atoms with Gasteiger partial charge in [-0.1, -0.05) is 35.9 Å². The maximum atomic E-state index is 14.4. The van der Waals surface area contributed by atoms with E-state index in [9.17, 15) is 17.6 Å². The molecular formula is C23H21ClFN3O3S. The van der Waals surface area contributed by atoms with Gasteiger partial charge in [-0.2, -0.15) is 4.31 Å². The highest BCUT2D eigenvalue weighted by Gasteiger charge is 2.29. The van der Waals surface area contributed by atoms with Gasteiger partial charge in [0.15, 0.2) is 0 Å². The third-order valence-electron chi connectivity index (χ3n) is 5.26. The quantitative estimate of drug-likeness (QED) is 0.601. The number of carbonyl (C=O) groups is 1. The molecule has 3 aromatic rings. The third-order valence-corrected chi connectivity index (χ3v) is 7.39. The molecule has 32 heavy (non-hydrogen) atoms. The molecule has 3 aromatic carbocycles. The minimum atomic E-state index is -3.88. The normalized spacial score (nSPS) is 14.9. The summed E-state index contributed by atoms with van der Waals surface area (Å²) in [5, 5.41) is 2.95. The molecule has 0 radical (unpaired) electrons. The molecule has 1 saturated heterocycles. The van der Waals surface area contributed by atoms with Crippen molar-refractivity contribution in [1.29, 1.82) is 0 Å². The number of nitrogens with one attached hydrogen (secondary N) is 1. The van der Waals surface area contributed by atoms with Crippen LogP contribution in [0.15, 0.2) is 77.7 Å². The van der Waals surface area contributed by atoms with E-state index in [4.69, 9.17) is 11.6 Å². The fourth-order valence-corrected chi connectivity index (χ4v) is 5.22. The first-order valence-electron chi connectivity index (χ1n) is 10.0. The standard InChI is InChI=1S/C23H21ClFN3O3S/c24-17-5-4-6-18(15-17)26-23(29)21-16-20(9-10-22(21)25)32(30,31)28-13-11-27(12-14-28)19-7-2-1-3-8-19/h1-10,15-16H,11-14H2,(H,26,29). The van der Waals surface area contributed by atoms with Crippen LogP contribution in [0.4, 0.5) is 15.8 Å². The first kappa shape index (κ1) is 22.3. The number of sulfonamides is 1. The van der Waals surface area contributed by atoms with Gasteiger partial charge in [0.2, 0.25) is 10.0 Å². The predicted octanol–water partition coefficient (Wildman–Crippen LogP) is 4.24. The SMILES string of the molecule is O=C(Nc1cccc(Cl)c1)c1cc(S(=O)(=O)N2CCN(c3ccccc3)CC2)ccc1F. The number of rotatable bonds is 5. The van der Waals surface area contributed by atoms with Crippen molar-refractivity contribution in [2.75, 3.05) is 36.4 Å². The minimum absolute atomic E-state index is 0.122. The number of piperazine rings is 1. The van der Waals surface area contributed by atoms with Gasteiger partial charge >= 0.3 is 0 Å². The van der Waals surface area contributed by atoms with Gasteiger partial charge in [0.05, 0.1) is 10.5 Å². The van der Waals surface area contributed by atoms with Gasteiger partial charge in [0.25, 0.3) is 5.91 Å². The second-order valence-electron chi connectivity index (χ2n) is 7.33. The summed E-state index contributed by atoms with van der Waals surface area (Å²) in [5.74, 6) is -1.56. The molecule has 0 aliphatic carbocycles. The van der Waals surface area contributed by atoms with Crippen LogP contribution in [0, 0.1) is 5.82 Å². The largest absolute Gasteiger partial charge is 0.369 e. The molecule has 1 N–H and O–H groups in total. The summed E-state index contributed by atoms with van der Waals surface area (Å²) in [6, 6.07) is 19.4. The molecule has 1 amide bonds. The van der Waals surface area contributed by atoms with Crippen LogP contribution >= 0.6 is 11.6 Å². The molecule has 6 nitrogen and oxygen atoms in total. The van der Waals surface area contributed by atoms with Crippen LogP contribution in [-0.4, -0.2) is 44.8 Å². The molecule has 0 bridgehead atoms. The van der Waals surface area contributed by atoms with Crippen molar-refractivity contribution >= 4 is 38.9 Å². The average molecular weight is 474 g/mol. The molecule has 9 heteroatoms. The summed E-state index contributed by atoms with van der Waals surface area (Å²) in [6.45, 7) is 1.65. The maximum absolute atomic E-state index is 14.4. The zero-order valence-electron chi connectivity index (χ0n) is 17.0. The van der Waals surface area contributed by atoms with Gasteiger partial charge < -0.3 is 10.2 Å².